The SMILES string of the molecule is O=C(Cc1cccs1)c1cc(Cl)ccc1F. The molecule has 0 amide bonds. The molecule has 4 heteroatoms. The Kier molecular flexibility index (Phi) is 3.36. The average Bonchev–Trinajstić information content (AvgIpc) is 2.74. The van der Waals surface area contributed by atoms with Gasteiger partial charge in [0.25, 0.3) is 0 Å². The maximum absolute atomic E-state index is 13.4. The molecule has 16 heavy (non-hydrogen) atoms. The van der Waals surface area contributed by atoms with Crippen molar-refractivity contribution >= 4 is 28.7 Å². The van der Waals surface area contributed by atoms with Gasteiger partial charge in [-0.1, -0.05) is 17.7 Å². The molecular weight excluding hydrogens is 247 g/mol. The van der Waals surface area contributed by atoms with Gasteiger partial charge in [0.1, 0.15) is 5.82 Å². The van der Waals surface area contributed by atoms with Crippen molar-refractivity contribution < 1.29 is 9.18 Å². The molecule has 1 aromatic heterocycles. The third-order valence-electron chi connectivity index (χ3n) is 2.14. The topological polar surface area (TPSA) is 17.1 Å². The molecule has 0 bridgehead atoms. The fourth-order valence-corrected chi connectivity index (χ4v) is 2.25. The number of ketones is 1. The number of Topliss-reactive ketones (excluding diaryl/α,β-unsaturated/α-hetero) is 1. The molecule has 1 heterocycles. The molecule has 0 unspecified atom stereocenters. The normalized spacial score (nSPS) is 10.4. The van der Waals surface area contributed by atoms with Crippen LogP contribution in [-0.4, -0.2) is 5.78 Å². The Morgan fingerprint density at radius 2 is 2.19 bits per heavy atom. The molecule has 0 spiro atoms. The highest BCUT2D eigenvalue weighted by atomic mass is 35.5. The number of hydrogen-bond donors (Lipinski definition) is 0. The zero-order valence-electron chi connectivity index (χ0n) is 8.24. The summed E-state index contributed by atoms with van der Waals surface area (Å²) in [6.45, 7) is 0. The van der Waals surface area contributed by atoms with E-state index in [9.17, 15) is 9.18 Å². The average molecular weight is 255 g/mol. The summed E-state index contributed by atoms with van der Waals surface area (Å²) in [5, 5.41) is 2.26. The lowest BCUT2D eigenvalue weighted by molar-refractivity contribution is 0.0990. The maximum atomic E-state index is 13.4. The minimum Gasteiger partial charge on any atom is -0.294 e. The van der Waals surface area contributed by atoms with Gasteiger partial charge >= 0.3 is 0 Å². The van der Waals surface area contributed by atoms with Gasteiger partial charge in [0, 0.05) is 16.3 Å². The molecule has 2 aromatic rings. The van der Waals surface area contributed by atoms with Crippen LogP contribution in [0.25, 0.3) is 0 Å². The van der Waals surface area contributed by atoms with Gasteiger partial charge in [0.2, 0.25) is 0 Å². The predicted molar refractivity (Wildman–Crippen MR) is 63.8 cm³/mol. The smallest absolute Gasteiger partial charge is 0.171 e. The van der Waals surface area contributed by atoms with E-state index < -0.39 is 5.82 Å². The van der Waals surface area contributed by atoms with Gasteiger partial charge in [-0.25, -0.2) is 4.39 Å². The Balaban J connectivity index is 2.24. The third-order valence-corrected chi connectivity index (χ3v) is 3.26. The molecule has 0 aliphatic carbocycles. The zero-order valence-corrected chi connectivity index (χ0v) is 9.82. The summed E-state index contributed by atoms with van der Waals surface area (Å²) in [4.78, 5) is 12.7. The fraction of sp³-hybridized carbons (Fsp3) is 0.0833. The minimum atomic E-state index is -0.522. The number of benzene rings is 1. The standard InChI is InChI=1S/C12H8ClFOS/c13-8-3-4-11(14)10(6-8)12(15)7-9-2-1-5-16-9/h1-6H,7H2. The van der Waals surface area contributed by atoms with Crippen molar-refractivity contribution in [1.29, 1.82) is 0 Å². The van der Waals surface area contributed by atoms with E-state index in [1.807, 2.05) is 17.5 Å². The summed E-state index contributed by atoms with van der Waals surface area (Å²) in [5.74, 6) is -0.770. The maximum Gasteiger partial charge on any atom is 0.171 e. The fourth-order valence-electron chi connectivity index (χ4n) is 1.38. The van der Waals surface area contributed by atoms with Crippen molar-refractivity contribution in [3.8, 4) is 0 Å². The summed E-state index contributed by atoms with van der Waals surface area (Å²) < 4.78 is 13.4. The van der Waals surface area contributed by atoms with Crippen LogP contribution in [0, 0.1) is 5.82 Å². The van der Waals surface area contributed by atoms with Crippen LogP contribution in [0.3, 0.4) is 0 Å². The molecule has 1 aromatic carbocycles. The lowest BCUT2D eigenvalue weighted by atomic mass is 10.1. The van der Waals surface area contributed by atoms with E-state index in [1.54, 1.807) is 0 Å². The van der Waals surface area contributed by atoms with Crippen LogP contribution in [0.1, 0.15) is 15.2 Å². The number of carbonyl (C=O) groups is 1. The monoisotopic (exact) mass is 254 g/mol. The summed E-state index contributed by atoms with van der Waals surface area (Å²) >= 11 is 7.21. The van der Waals surface area contributed by atoms with Crippen molar-refractivity contribution in [3.63, 3.8) is 0 Å². The minimum absolute atomic E-state index is 0.0564. The molecule has 0 radical (unpaired) electrons. The lowest BCUT2D eigenvalue weighted by Gasteiger charge is -2.01. The highest BCUT2D eigenvalue weighted by Crippen LogP contribution is 2.18. The van der Waals surface area contributed by atoms with Crippen molar-refractivity contribution in [2.24, 2.45) is 0 Å². The first-order valence-corrected chi connectivity index (χ1v) is 5.93. The van der Waals surface area contributed by atoms with E-state index in [0.29, 0.717) is 5.02 Å². The molecule has 1 nitrogen and oxygen atoms in total. The predicted octanol–water partition coefficient (Wildman–Crippen LogP) is 3.97. The molecule has 0 N–H and O–H groups in total. The largest absolute Gasteiger partial charge is 0.294 e. The van der Waals surface area contributed by atoms with Crippen molar-refractivity contribution in [3.05, 3.63) is 57.0 Å². The van der Waals surface area contributed by atoms with Crippen LogP contribution in [0.5, 0.6) is 0 Å². The Labute approximate surface area is 101 Å². The van der Waals surface area contributed by atoms with Crippen molar-refractivity contribution in [1.82, 2.24) is 0 Å². The van der Waals surface area contributed by atoms with Crippen LogP contribution in [-0.2, 0) is 6.42 Å². The first-order valence-electron chi connectivity index (χ1n) is 4.67. The summed E-state index contributed by atoms with van der Waals surface area (Å²) in [6, 6.07) is 7.72. The first kappa shape index (κ1) is 11.3. The molecule has 0 saturated heterocycles. The Hall–Kier alpha value is -1.19. The van der Waals surface area contributed by atoms with Crippen LogP contribution >= 0.6 is 22.9 Å². The molecule has 0 aliphatic rings. The number of rotatable bonds is 3. The van der Waals surface area contributed by atoms with Crippen molar-refractivity contribution in [2.45, 2.75) is 6.42 Å². The molecular formula is C12H8ClFOS. The summed E-state index contributed by atoms with van der Waals surface area (Å²) in [5.41, 5.74) is 0.0564. The van der Waals surface area contributed by atoms with Gasteiger partial charge < -0.3 is 0 Å². The van der Waals surface area contributed by atoms with E-state index in [1.165, 1.54) is 29.5 Å². The first-order chi connectivity index (χ1) is 7.66. The number of carbonyl (C=O) groups excluding carboxylic acids is 1. The third kappa shape index (κ3) is 2.49. The molecule has 82 valence electrons. The highest BCUT2D eigenvalue weighted by Gasteiger charge is 2.13. The van der Waals surface area contributed by atoms with Crippen LogP contribution in [0.2, 0.25) is 5.02 Å². The van der Waals surface area contributed by atoms with E-state index >= 15 is 0 Å². The van der Waals surface area contributed by atoms with Gasteiger partial charge in [-0.2, -0.15) is 0 Å². The van der Waals surface area contributed by atoms with E-state index in [-0.39, 0.29) is 17.8 Å². The van der Waals surface area contributed by atoms with Crippen LogP contribution < -0.4 is 0 Å². The zero-order chi connectivity index (χ0) is 11.5. The Morgan fingerprint density at radius 1 is 1.38 bits per heavy atom. The van der Waals surface area contributed by atoms with E-state index in [2.05, 4.69) is 0 Å². The number of halogens is 2. The van der Waals surface area contributed by atoms with Crippen LogP contribution in [0.4, 0.5) is 4.39 Å². The Morgan fingerprint density at radius 3 is 2.88 bits per heavy atom. The van der Waals surface area contributed by atoms with Crippen LogP contribution in [0.15, 0.2) is 35.7 Å². The summed E-state index contributed by atoms with van der Waals surface area (Å²) in [6.07, 6.45) is 0.217. The van der Waals surface area contributed by atoms with Gasteiger partial charge in [-0.3, -0.25) is 4.79 Å². The number of hydrogen-bond acceptors (Lipinski definition) is 2. The lowest BCUT2D eigenvalue weighted by Crippen LogP contribution is -2.05. The second-order valence-corrected chi connectivity index (χ2v) is 4.77. The van der Waals surface area contributed by atoms with Crippen molar-refractivity contribution in [2.75, 3.05) is 0 Å². The molecule has 0 saturated carbocycles. The molecule has 0 fully saturated rings. The number of thiophene rings is 1. The Bertz CT molecular complexity index is 508. The highest BCUT2D eigenvalue weighted by molar-refractivity contribution is 7.10. The molecule has 0 aliphatic heterocycles. The molecule has 2 rings (SSSR count). The van der Waals surface area contributed by atoms with Gasteiger partial charge in [0.05, 0.1) is 5.56 Å². The summed E-state index contributed by atoms with van der Waals surface area (Å²) in [7, 11) is 0. The quantitative estimate of drug-likeness (QED) is 0.758. The second kappa shape index (κ2) is 4.76. The van der Waals surface area contributed by atoms with E-state index in [0.717, 1.165) is 4.88 Å². The van der Waals surface area contributed by atoms with E-state index in [4.69, 9.17) is 11.6 Å². The van der Waals surface area contributed by atoms with Gasteiger partial charge in [-0.05, 0) is 29.6 Å². The van der Waals surface area contributed by atoms with Gasteiger partial charge in [-0.15, -0.1) is 11.3 Å². The van der Waals surface area contributed by atoms with Gasteiger partial charge in [0.15, 0.2) is 5.78 Å². The molecule has 0 atom stereocenters. The second-order valence-electron chi connectivity index (χ2n) is 3.30.